The number of nitrogens with zero attached hydrogens (tertiary/aromatic N) is 1. The van der Waals surface area contributed by atoms with Crippen LogP contribution in [0.2, 0.25) is 0 Å². The summed E-state index contributed by atoms with van der Waals surface area (Å²) in [6.07, 6.45) is 3.64. The number of likely N-dealkylation sites (N-methyl/N-ethyl adjacent to an activating group) is 1. The molecule has 0 bridgehead atoms. The molecule has 4 heteroatoms. The highest BCUT2D eigenvalue weighted by atomic mass is 16.1. The van der Waals surface area contributed by atoms with Crippen molar-refractivity contribution in [2.45, 2.75) is 13.5 Å². The number of hydrogen-bond donors (Lipinski definition) is 2. The molecule has 0 spiro atoms. The highest BCUT2D eigenvalue weighted by molar-refractivity contribution is 5.84. The Hall–Kier alpha value is -1.94. The van der Waals surface area contributed by atoms with Crippen molar-refractivity contribution in [2.24, 2.45) is 0 Å². The van der Waals surface area contributed by atoms with Crippen LogP contribution in [0, 0.1) is 0 Å². The molecule has 1 aromatic heterocycles. The van der Waals surface area contributed by atoms with Gasteiger partial charge in [-0.15, -0.1) is 0 Å². The summed E-state index contributed by atoms with van der Waals surface area (Å²) in [6, 6.07) is 8.11. The van der Waals surface area contributed by atoms with E-state index in [4.69, 9.17) is 0 Å². The fourth-order valence-electron chi connectivity index (χ4n) is 1.91. The lowest BCUT2D eigenvalue weighted by atomic mass is 10.1. The van der Waals surface area contributed by atoms with Crippen molar-refractivity contribution < 1.29 is 4.79 Å². The van der Waals surface area contributed by atoms with Crippen LogP contribution >= 0.6 is 0 Å². The summed E-state index contributed by atoms with van der Waals surface area (Å²) in [4.78, 5) is 15.4. The van der Waals surface area contributed by atoms with Crippen LogP contribution in [0.25, 0.3) is 10.8 Å². The molecule has 0 aliphatic rings. The fraction of sp³-hybridized carbons (Fsp3) is 0.286. The largest absolute Gasteiger partial charge is 0.355 e. The zero-order valence-corrected chi connectivity index (χ0v) is 10.4. The van der Waals surface area contributed by atoms with Crippen molar-refractivity contribution in [3.05, 3.63) is 42.2 Å². The van der Waals surface area contributed by atoms with E-state index in [1.165, 1.54) is 10.9 Å². The van der Waals surface area contributed by atoms with Gasteiger partial charge in [-0.1, -0.05) is 18.2 Å². The predicted octanol–water partition coefficient (Wildman–Crippen LogP) is 1.46. The Morgan fingerprint density at radius 2 is 2.22 bits per heavy atom. The highest BCUT2D eigenvalue weighted by Gasteiger charge is 2.02. The van der Waals surface area contributed by atoms with Crippen molar-refractivity contribution in [2.75, 3.05) is 13.1 Å². The van der Waals surface area contributed by atoms with Crippen LogP contribution in [0.1, 0.15) is 12.5 Å². The lowest BCUT2D eigenvalue weighted by Crippen LogP contribution is -2.33. The van der Waals surface area contributed by atoms with Crippen LogP contribution in [0.15, 0.2) is 36.7 Å². The third kappa shape index (κ3) is 3.05. The van der Waals surface area contributed by atoms with Crippen molar-refractivity contribution in [1.82, 2.24) is 15.6 Å². The van der Waals surface area contributed by atoms with Crippen LogP contribution in [0.3, 0.4) is 0 Å². The molecule has 2 aromatic rings. The monoisotopic (exact) mass is 243 g/mol. The summed E-state index contributed by atoms with van der Waals surface area (Å²) in [5, 5.41) is 8.20. The molecule has 1 heterocycles. The number of pyridine rings is 1. The first-order valence-corrected chi connectivity index (χ1v) is 6.10. The number of carbonyl (C=O) groups excluding carboxylic acids is 1. The summed E-state index contributed by atoms with van der Waals surface area (Å²) in [6.45, 7) is 3.60. The van der Waals surface area contributed by atoms with E-state index in [1.54, 1.807) is 6.20 Å². The van der Waals surface area contributed by atoms with Crippen molar-refractivity contribution >= 4 is 16.7 Å². The average Bonchev–Trinajstić information content (AvgIpc) is 2.39. The van der Waals surface area contributed by atoms with Crippen LogP contribution in [-0.2, 0) is 11.3 Å². The second kappa shape index (κ2) is 6.12. The molecule has 0 aliphatic carbocycles. The van der Waals surface area contributed by atoms with Crippen LogP contribution in [0.5, 0.6) is 0 Å². The number of amides is 1. The maximum absolute atomic E-state index is 11.3. The van der Waals surface area contributed by atoms with Gasteiger partial charge in [0.2, 0.25) is 5.91 Å². The van der Waals surface area contributed by atoms with Gasteiger partial charge in [-0.05, 0) is 23.9 Å². The van der Waals surface area contributed by atoms with Crippen LogP contribution < -0.4 is 10.6 Å². The molecule has 0 unspecified atom stereocenters. The van der Waals surface area contributed by atoms with Gasteiger partial charge < -0.3 is 10.6 Å². The number of nitrogens with one attached hydrogen (secondary N) is 2. The van der Waals surface area contributed by atoms with E-state index >= 15 is 0 Å². The van der Waals surface area contributed by atoms with Crippen molar-refractivity contribution in [3.63, 3.8) is 0 Å². The number of aromatic nitrogens is 1. The molecule has 0 aliphatic heterocycles. The molecule has 1 amide bonds. The topological polar surface area (TPSA) is 54.0 Å². The summed E-state index contributed by atoms with van der Waals surface area (Å²) in [5.41, 5.74) is 1.18. The molecule has 0 atom stereocenters. The second-order valence-corrected chi connectivity index (χ2v) is 4.07. The van der Waals surface area contributed by atoms with Gasteiger partial charge in [0, 0.05) is 30.9 Å². The number of carbonyl (C=O) groups is 1. The summed E-state index contributed by atoms with van der Waals surface area (Å²) < 4.78 is 0. The highest BCUT2D eigenvalue weighted by Crippen LogP contribution is 2.16. The number of benzene rings is 1. The molecule has 0 saturated carbocycles. The Morgan fingerprint density at radius 1 is 1.33 bits per heavy atom. The van der Waals surface area contributed by atoms with E-state index in [0.717, 1.165) is 5.39 Å². The first-order valence-electron chi connectivity index (χ1n) is 6.10. The third-order valence-corrected chi connectivity index (χ3v) is 2.75. The van der Waals surface area contributed by atoms with Crippen LogP contribution in [-0.4, -0.2) is 24.0 Å². The van der Waals surface area contributed by atoms with Crippen molar-refractivity contribution in [3.8, 4) is 0 Å². The van der Waals surface area contributed by atoms with Gasteiger partial charge in [0.15, 0.2) is 0 Å². The molecule has 0 saturated heterocycles. The number of fused-ring (bicyclic) bond motifs is 1. The van der Waals surface area contributed by atoms with Crippen LogP contribution in [0.4, 0.5) is 0 Å². The molecular formula is C14H17N3O. The fourth-order valence-corrected chi connectivity index (χ4v) is 1.91. The molecule has 2 rings (SSSR count). The molecule has 0 fully saturated rings. The Balaban J connectivity index is 2.01. The molecule has 2 N–H and O–H groups in total. The minimum absolute atomic E-state index is 0.0272. The van der Waals surface area contributed by atoms with E-state index in [0.29, 0.717) is 19.6 Å². The van der Waals surface area contributed by atoms with E-state index in [2.05, 4.69) is 21.7 Å². The quantitative estimate of drug-likeness (QED) is 0.836. The van der Waals surface area contributed by atoms with Gasteiger partial charge in [0.05, 0.1) is 6.54 Å². The average molecular weight is 243 g/mol. The minimum atomic E-state index is 0.0272. The zero-order valence-electron chi connectivity index (χ0n) is 10.4. The van der Waals surface area contributed by atoms with Gasteiger partial charge in [-0.2, -0.15) is 0 Å². The minimum Gasteiger partial charge on any atom is -0.355 e. The molecule has 0 radical (unpaired) electrons. The van der Waals surface area contributed by atoms with E-state index in [9.17, 15) is 4.79 Å². The van der Waals surface area contributed by atoms with Crippen molar-refractivity contribution in [1.29, 1.82) is 0 Å². The molecule has 1 aromatic carbocycles. The molecule has 4 nitrogen and oxygen atoms in total. The first kappa shape index (κ1) is 12.5. The number of hydrogen-bond acceptors (Lipinski definition) is 3. The van der Waals surface area contributed by atoms with E-state index < -0.39 is 0 Å². The third-order valence-electron chi connectivity index (χ3n) is 2.75. The standard InChI is InChI=1S/C14H17N3O/c1-2-17-14(18)10-16-9-12-5-3-4-11-8-15-7-6-13(11)12/h3-8,16H,2,9-10H2,1H3,(H,17,18). The Bertz CT molecular complexity index is 534. The van der Waals surface area contributed by atoms with Gasteiger partial charge in [-0.3, -0.25) is 9.78 Å². The van der Waals surface area contributed by atoms with E-state index in [1.807, 2.05) is 31.3 Å². The summed E-state index contributed by atoms with van der Waals surface area (Å²) in [5.74, 6) is 0.0272. The van der Waals surface area contributed by atoms with Gasteiger partial charge in [-0.25, -0.2) is 0 Å². The molecular weight excluding hydrogens is 226 g/mol. The molecule has 18 heavy (non-hydrogen) atoms. The summed E-state index contributed by atoms with van der Waals surface area (Å²) in [7, 11) is 0. The first-order chi connectivity index (χ1) is 8.81. The molecule has 94 valence electrons. The zero-order chi connectivity index (χ0) is 12.8. The van der Waals surface area contributed by atoms with Gasteiger partial charge >= 0.3 is 0 Å². The normalized spacial score (nSPS) is 10.5. The van der Waals surface area contributed by atoms with Gasteiger partial charge in [0.1, 0.15) is 0 Å². The van der Waals surface area contributed by atoms with Gasteiger partial charge in [0.25, 0.3) is 0 Å². The Morgan fingerprint density at radius 3 is 3.06 bits per heavy atom. The number of rotatable bonds is 5. The smallest absolute Gasteiger partial charge is 0.233 e. The summed E-state index contributed by atoms with van der Waals surface area (Å²) >= 11 is 0. The Kier molecular flexibility index (Phi) is 4.25. The Labute approximate surface area is 106 Å². The second-order valence-electron chi connectivity index (χ2n) is 4.07. The maximum Gasteiger partial charge on any atom is 0.233 e. The van der Waals surface area contributed by atoms with E-state index in [-0.39, 0.29) is 5.91 Å². The SMILES string of the molecule is CCNC(=O)CNCc1cccc2cnccc12. The maximum atomic E-state index is 11.3. The lowest BCUT2D eigenvalue weighted by molar-refractivity contribution is -0.120. The lowest BCUT2D eigenvalue weighted by Gasteiger charge is -2.08. The predicted molar refractivity (Wildman–Crippen MR) is 72.1 cm³/mol.